The normalized spacial score (nSPS) is 15.1. The molecule has 2 heterocycles. The molecule has 1 aliphatic rings. The fourth-order valence-corrected chi connectivity index (χ4v) is 1.73. The summed E-state index contributed by atoms with van der Waals surface area (Å²) in [6.45, 7) is 7.59. The highest BCUT2D eigenvalue weighted by Crippen LogP contribution is 2.13. The third-order valence-corrected chi connectivity index (χ3v) is 2.41. The van der Waals surface area contributed by atoms with E-state index in [-0.39, 0.29) is 5.91 Å². The quantitative estimate of drug-likeness (QED) is 0.613. The summed E-state index contributed by atoms with van der Waals surface area (Å²) in [5.41, 5.74) is 2.11. The number of carbonyl (C=O) groups excluding carboxylic acids is 1. The van der Waals surface area contributed by atoms with Crippen molar-refractivity contribution in [1.29, 1.82) is 0 Å². The molecule has 4 nitrogen and oxygen atoms in total. The molecule has 1 aliphatic heterocycles. The fourth-order valence-electron chi connectivity index (χ4n) is 1.73. The average Bonchev–Trinajstić information content (AvgIpc) is 2.55. The smallest absolute Gasteiger partial charge is 0.246 e. The summed E-state index contributed by atoms with van der Waals surface area (Å²) in [4.78, 5) is 13.1. The fraction of sp³-hybridized carbons (Fsp3) is 0.400. The summed E-state index contributed by atoms with van der Waals surface area (Å²) < 4.78 is 1.96. The number of nitrogens with zero attached hydrogens (tertiary/aromatic N) is 3. The van der Waals surface area contributed by atoms with E-state index >= 15 is 0 Å². The maximum Gasteiger partial charge on any atom is 0.246 e. The van der Waals surface area contributed by atoms with Crippen LogP contribution in [0.2, 0.25) is 0 Å². The molecule has 1 amide bonds. The van der Waals surface area contributed by atoms with Gasteiger partial charge in [-0.3, -0.25) is 9.48 Å². The first kappa shape index (κ1) is 8.99. The van der Waals surface area contributed by atoms with E-state index in [0.717, 1.165) is 24.5 Å². The molecule has 0 spiro atoms. The molecule has 0 aliphatic carbocycles. The molecule has 0 unspecified atom stereocenters. The largest absolute Gasteiger partial charge is 0.331 e. The number of carbonyl (C=O) groups is 1. The lowest BCUT2D eigenvalue weighted by Gasteiger charge is -2.26. The van der Waals surface area contributed by atoms with E-state index in [1.807, 2.05) is 17.7 Å². The molecule has 0 fully saturated rings. The van der Waals surface area contributed by atoms with E-state index in [0.29, 0.717) is 6.54 Å². The van der Waals surface area contributed by atoms with Crippen molar-refractivity contribution in [3.63, 3.8) is 0 Å². The highest BCUT2D eigenvalue weighted by Gasteiger charge is 2.19. The zero-order chi connectivity index (χ0) is 10.1. The predicted molar refractivity (Wildman–Crippen MR) is 52.6 cm³/mol. The zero-order valence-electron chi connectivity index (χ0n) is 8.23. The minimum atomic E-state index is -0.00453. The Morgan fingerprint density at radius 3 is 3.14 bits per heavy atom. The van der Waals surface area contributed by atoms with Crippen molar-refractivity contribution < 1.29 is 4.79 Å². The van der Waals surface area contributed by atoms with Gasteiger partial charge in [0, 0.05) is 6.54 Å². The van der Waals surface area contributed by atoms with E-state index in [9.17, 15) is 4.79 Å². The molecule has 0 aromatic carbocycles. The maximum absolute atomic E-state index is 11.4. The van der Waals surface area contributed by atoms with Crippen molar-refractivity contribution in [3.8, 4) is 0 Å². The lowest BCUT2D eigenvalue weighted by Crippen LogP contribution is -2.37. The van der Waals surface area contributed by atoms with Gasteiger partial charge in [-0.2, -0.15) is 5.10 Å². The van der Waals surface area contributed by atoms with Gasteiger partial charge in [0.1, 0.15) is 0 Å². The Morgan fingerprint density at radius 2 is 2.43 bits per heavy atom. The molecular formula is C10H13N3O. The van der Waals surface area contributed by atoms with E-state index < -0.39 is 0 Å². The first-order chi connectivity index (χ1) is 6.70. The first-order valence-corrected chi connectivity index (χ1v) is 4.65. The van der Waals surface area contributed by atoms with Crippen LogP contribution < -0.4 is 0 Å². The van der Waals surface area contributed by atoms with Gasteiger partial charge in [0.05, 0.1) is 24.5 Å². The van der Waals surface area contributed by atoms with Gasteiger partial charge in [0.25, 0.3) is 0 Å². The van der Waals surface area contributed by atoms with Crippen molar-refractivity contribution in [2.45, 2.75) is 20.0 Å². The molecule has 0 atom stereocenters. The zero-order valence-corrected chi connectivity index (χ0v) is 8.23. The summed E-state index contributed by atoms with van der Waals surface area (Å²) in [7, 11) is 0. The Hall–Kier alpha value is -1.58. The second-order valence-electron chi connectivity index (χ2n) is 3.46. The number of amides is 1. The van der Waals surface area contributed by atoms with Crippen LogP contribution >= 0.6 is 0 Å². The van der Waals surface area contributed by atoms with Crippen LogP contribution in [0.1, 0.15) is 11.4 Å². The summed E-state index contributed by atoms with van der Waals surface area (Å²) in [5, 5.41) is 4.32. The Balaban J connectivity index is 2.20. The second-order valence-corrected chi connectivity index (χ2v) is 3.46. The van der Waals surface area contributed by atoms with Crippen LogP contribution in [0.5, 0.6) is 0 Å². The third kappa shape index (κ3) is 1.43. The molecule has 2 rings (SSSR count). The monoisotopic (exact) mass is 191 g/mol. The highest BCUT2D eigenvalue weighted by molar-refractivity contribution is 5.87. The summed E-state index contributed by atoms with van der Waals surface area (Å²) >= 11 is 0. The Bertz CT molecular complexity index is 381. The summed E-state index contributed by atoms with van der Waals surface area (Å²) in [6, 6.07) is 2.02. The van der Waals surface area contributed by atoms with E-state index in [2.05, 4.69) is 11.7 Å². The van der Waals surface area contributed by atoms with Crippen molar-refractivity contribution in [2.75, 3.05) is 6.54 Å². The lowest BCUT2D eigenvalue weighted by molar-refractivity contribution is -0.127. The minimum Gasteiger partial charge on any atom is -0.331 e. The van der Waals surface area contributed by atoms with Crippen LogP contribution in [0, 0.1) is 6.92 Å². The number of hydrogen-bond donors (Lipinski definition) is 0. The van der Waals surface area contributed by atoms with Crippen LogP contribution in [-0.2, 0) is 17.9 Å². The number of aromatic nitrogens is 2. The minimum absolute atomic E-state index is 0.00453. The number of rotatable bonds is 1. The van der Waals surface area contributed by atoms with E-state index in [1.54, 1.807) is 4.90 Å². The number of fused-ring (bicyclic) bond motifs is 1. The Morgan fingerprint density at radius 1 is 1.64 bits per heavy atom. The predicted octanol–water partition coefficient (Wildman–Crippen LogP) is 0.720. The van der Waals surface area contributed by atoms with Gasteiger partial charge in [-0.1, -0.05) is 6.58 Å². The van der Waals surface area contributed by atoms with E-state index in [1.165, 1.54) is 6.08 Å². The standard InChI is InChI=1S/C10H13N3O/c1-3-10(14)12-4-5-13-9(7-12)6-8(2)11-13/h3,6H,1,4-5,7H2,2H3. The topological polar surface area (TPSA) is 38.1 Å². The number of aryl methyl sites for hydroxylation is 1. The summed E-state index contributed by atoms with van der Waals surface area (Å²) in [5.74, 6) is -0.00453. The van der Waals surface area contributed by atoms with Crippen LogP contribution in [0.3, 0.4) is 0 Å². The van der Waals surface area contributed by atoms with Crippen LogP contribution in [0.25, 0.3) is 0 Å². The van der Waals surface area contributed by atoms with Gasteiger partial charge in [-0.25, -0.2) is 0 Å². The molecule has 4 heteroatoms. The molecular weight excluding hydrogens is 178 g/mol. The Labute approximate surface area is 82.8 Å². The molecule has 14 heavy (non-hydrogen) atoms. The molecule has 0 N–H and O–H groups in total. The molecule has 0 bridgehead atoms. The summed E-state index contributed by atoms with van der Waals surface area (Å²) in [6.07, 6.45) is 1.36. The molecule has 1 aromatic rings. The maximum atomic E-state index is 11.4. The van der Waals surface area contributed by atoms with Crippen molar-refractivity contribution >= 4 is 5.91 Å². The van der Waals surface area contributed by atoms with Crippen molar-refractivity contribution in [3.05, 3.63) is 30.1 Å². The van der Waals surface area contributed by atoms with Crippen molar-refractivity contribution in [1.82, 2.24) is 14.7 Å². The van der Waals surface area contributed by atoms with Crippen LogP contribution in [0.15, 0.2) is 18.7 Å². The lowest BCUT2D eigenvalue weighted by atomic mass is 10.3. The van der Waals surface area contributed by atoms with E-state index in [4.69, 9.17) is 0 Å². The van der Waals surface area contributed by atoms with Gasteiger partial charge in [-0.15, -0.1) is 0 Å². The Kier molecular flexibility index (Phi) is 2.11. The van der Waals surface area contributed by atoms with Gasteiger partial charge < -0.3 is 4.90 Å². The highest BCUT2D eigenvalue weighted by atomic mass is 16.2. The van der Waals surface area contributed by atoms with Crippen LogP contribution in [0.4, 0.5) is 0 Å². The first-order valence-electron chi connectivity index (χ1n) is 4.65. The van der Waals surface area contributed by atoms with Gasteiger partial charge in [-0.05, 0) is 19.1 Å². The molecule has 1 aromatic heterocycles. The average molecular weight is 191 g/mol. The number of hydrogen-bond acceptors (Lipinski definition) is 2. The molecule has 0 saturated carbocycles. The van der Waals surface area contributed by atoms with Crippen LogP contribution in [-0.4, -0.2) is 27.1 Å². The second kappa shape index (κ2) is 3.29. The van der Waals surface area contributed by atoms with Gasteiger partial charge >= 0.3 is 0 Å². The third-order valence-electron chi connectivity index (χ3n) is 2.41. The van der Waals surface area contributed by atoms with Crippen molar-refractivity contribution in [2.24, 2.45) is 0 Å². The molecule has 0 radical (unpaired) electrons. The van der Waals surface area contributed by atoms with Gasteiger partial charge in [0.15, 0.2) is 0 Å². The molecule has 74 valence electrons. The SMILES string of the molecule is C=CC(=O)N1CCn2nc(C)cc2C1. The van der Waals surface area contributed by atoms with Gasteiger partial charge in [0.2, 0.25) is 5.91 Å². The molecule has 0 saturated heterocycles.